The van der Waals surface area contributed by atoms with Gasteiger partial charge in [0.1, 0.15) is 5.82 Å². The molecule has 7 heteroatoms. The van der Waals surface area contributed by atoms with Gasteiger partial charge in [-0.2, -0.15) is 4.31 Å². The van der Waals surface area contributed by atoms with Crippen LogP contribution in [-0.4, -0.2) is 25.3 Å². The maximum Gasteiger partial charge on any atom is 0.243 e. The Morgan fingerprint density at radius 3 is 2.75 bits per heavy atom. The van der Waals surface area contributed by atoms with Crippen LogP contribution in [0.1, 0.15) is 31.7 Å². The molecule has 0 bridgehead atoms. The van der Waals surface area contributed by atoms with Gasteiger partial charge in [-0.25, -0.2) is 12.8 Å². The average Bonchev–Trinajstić information content (AvgIpc) is 2.90. The van der Waals surface area contributed by atoms with E-state index in [9.17, 15) is 12.8 Å². The van der Waals surface area contributed by atoms with Gasteiger partial charge in [-0.05, 0) is 37.0 Å². The van der Waals surface area contributed by atoms with Gasteiger partial charge in [0.25, 0.3) is 0 Å². The Morgan fingerprint density at radius 1 is 1.45 bits per heavy atom. The van der Waals surface area contributed by atoms with Crippen molar-refractivity contribution in [2.45, 2.75) is 43.0 Å². The molecular formula is C13H16Cl2FNO2S. The van der Waals surface area contributed by atoms with Crippen molar-refractivity contribution in [1.82, 2.24) is 4.31 Å². The average molecular weight is 340 g/mol. The van der Waals surface area contributed by atoms with E-state index in [0.717, 1.165) is 25.3 Å². The lowest BCUT2D eigenvalue weighted by atomic mass is 10.2. The van der Waals surface area contributed by atoms with Crippen LogP contribution in [0.2, 0.25) is 5.02 Å². The maximum absolute atomic E-state index is 13.7. The van der Waals surface area contributed by atoms with E-state index >= 15 is 0 Å². The lowest BCUT2D eigenvalue weighted by Gasteiger charge is -2.23. The van der Waals surface area contributed by atoms with Crippen LogP contribution in [0, 0.1) is 5.82 Å². The predicted molar refractivity (Wildman–Crippen MR) is 78.2 cm³/mol. The van der Waals surface area contributed by atoms with E-state index in [4.69, 9.17) is 23.2 Å². The van der Waals surface area contributed by atoms with E-state index in [1.54, 1.807) is 0 Å². The van der Waals surface area contributed by atoms with Crippen LogP contribution in [0.3, 0.4) is 0 Å². The molecule has 1 heterocycles. The molecule has 3 nitrogen and oxygen atoms in total. The molecule has 0 saturated carbocycles. The molecule has 0 aliphatic carbocycles. The number of benzene rings is 1. The third kappa shape index (κ3) is 2.82. The molecule has 1 saturated heterocycles. The Hall–Kier alpha value is -0.360. The van der Waals surface area contributed by atoms with Crippen LogP contribution in [0.25, 0.3) is 0 Å². The van der Waals surface area contributed by atoms with Gasteiger partial charge in [0.15, 0.2) is 0 Å². The lowest BCUT2D eigenvalue weighted by molar-refractivity contribution is 0.379. The van der Waals surface area contributed by atoms with Crippen molar-refractivity contribution < 1.29 is 12.8 Å². The van der Waals surface area contributed by atoms with Crippen molar-refractivity contribution in [3.63, 3.8) is 0 Å². The molecule has 0 spiro atoms. The highest BCUT2D eigenvalue weighted by Gasteiger charge is 2.34. The van der Waals surface area contributed by atoms with Crippen molar-refractivity contribution in [3.8, 4) is 0 Å². The fourth-order valence-electron chi connectivity index (χ4n) is 2.53. The summed E-state index contributed by atoms with van der Waals surface area (Å²) in [5, 5.41) is -0.118. The third-order valence-electron chi connectivity index (χ3n) is 3.62. The third-order valence-corrected chi connectivity index (χ3v) is 6.26. The van der Waals surface area contributed by atoms with Crippen LogP contribution in [0.15, 0.2) is 17.0 Å². The summed E-state index contributed by atoms with van der Waals surface area (Å²) >= 11 is 11.4. The second kappa shape index (κ2) is 6.18. The molecule has 0 aromatic heterocycles. The number of hydrogen-bond acceptors (Lipinski definition) is 2. The molecule has 20 heavy (non-hydrogen) atoms. The van der Waals surface area contributed by atoms with Crippen molar-refractivity contribution in [1.29, 1.82) is 0 Å². The van der Waals surface area contributed by atoms with Crippen molar-refractivity contribution in [3.05, 3.63) is 28.5 Å². The van der Waals surface area contributed by atoms with Gasteiger partial charge >= 0.3 is 0 Å². The summed E-state index contributed by atoms with van der Waals surface area (Å²) in [6.07, 6.45) is 2.42. The topological polar surface area (TPSA) is 37.4 Å². The molecule has 2 rings (SSSR count). The fraction of sp³-hybridized carbons (Fsp3) is 0.538. The molecule has 112 valence electrons. The minimum absolute atomic E-state index is 0.0156. The van der Waals surface area contributed by atoms with Gasteiger partial charge in [-0.3, -0.25) is 0 Å². The standard InChI is InChI=1S/C13H16Cl2FNO2S/c1-2-10-4-3-5-17(10)20(18,19)11-6-9(8-14)13(15)12(16)7-11/h6-7,10H,2-5,8H2,1H3. The van der Waals surface area contributed by atoms with Crippen LogP contribution in [-0.2, 0) is 15.9 Å². The zero-order valence-corrected chi connectivity index (χ0v) is 13.4. The molecule has 1 atom stereocenters. The Kier molecular flexibility index (Phi) is 4.95. The van der Waals surface area contributed by atoms with Gasteiger partial charge in [-0.15, -0.1) is 11.6 Å². The number of sulfonamides is 1. The quantitative estimate of drug-likeness (QED) is 0.782. The van der Waals surface area contributed by atoms with Crippen LogP contribution in [0.4, 0.5) is 4.39 Å². The first-order chi connectivity index (χ1) is 9.41. The van der Waals surface area contributed by atoms with Gasteiger partial charge in [0.05, 0.1) is 9.92 Å². The van der Waals surface area contributed by atoms with Gasteiger partial charge < -0.3 is 0 Å². The first-order valence-electron chi connectivity index (χ1n) is 6.47. The molecule has 1 aliphatic heterocycles. The summed E-state index contributed by atoms with van der Waals surface area (Å²) < 4.78 is 40.4. The Morgan fingerprint density at radius 2 is 2.15 bits per heavy atom. The highest BCUT2D eigenvalue weighted by atomic mass is 35.5. The maximum atomic E-state index is 13.7. The highest BCUT2D eigenvalue weighted by Crippen LogP contribution is 2.31. The largest absolute Gasteiger partial charge is 0.243 e. The van der Waals surface area contributed by atoms with Crippen molar-refractivity contribution >= 4 is 33.2 Å². The predicted octanol–water partition coefficient (Wildman–Crippen LogP) is 3.78. The van der Waals surface area contributed by atoms with Gasteiger partial charge in [-0.1, -0.05) is 18.5 Å². The smallest absolute Gasteiger partial charge is 0.207 e. The highest BCUT2D eigenvalue weighted by molar-refractivity contribution is 7.89. The van der Waals surface area contributed by atoms with Crippen LogP contribution < -0.4 is 0 Å². The van der Waals surface area contributed by atoms with E-state index in [-0.39, 0.29) is 21.8 Å². The first-order valence-corrected chi connectivity index (χ1v) is 8.82. The molecule has 0 radical (unpaired) electrons. The molecule has 0 N–H and O–H groups in total. The van der Waals surface area contributed by atoms with E-state index in [0.29, 0.717) is 12.1 Å². The number of hydrogen-bond donors (Lipinski definition) is 0. The molecule has 1 fully saturated rings. The normalized spacial score (nSPS) is 20.5. The second-order valence-electron chi connectivity index (χ2n) is 4.83. The molecule has 1 aromatic rings. The monoisotopic (exact) mass is 339 g/mol. The van der Waals surface area contributed by atoms with Crippen LogP contribution in [0.5, 0.6) is 0 Å². The zero-order chi connectivity index (χ0) is 14.9. The number of halogens is 3. The summed E-state index contributed by atoms with van der Waals surface area (Å²) in [6.45, 7) is 2.42. The summed E-state index contributed by atoms with van der Waals surface area (Å²) in [6, 6.07) is 2.32. The molecule has 1 aromatic carbocycles. The summed E-state index contributed by atoms with van der Waals surface area (Å²) in [5.74, 6) is -0.785. The van der Waals surface area contributed by atoms with E-state index < -0.39 is 15.8 Å². The minimum Gasteiger partial charge on any atom is -0.207 e. The first kappa shape index (κ1) is 16.0. The molecular weight excluding hydrogens is 324 g/mol. The molecule has 1 aliphatic rings. The lowest BCUT2D eigenvalue weighted by Crippen LogP contribution is -2.35. The summed E-state index contributed by atoms with van der Waals surface area (Å²) in [7, 11) is -3.70. The number of alkyl halides is 1. The van der Waals surface area contributed by atoms with E-state index in [1.165, 1.54) is 10.4 Å². The number of nitrogens with zero attached hydrogens (tertiary/aromatic N) is 1. The minimum atomic E-state index is -3.70. The number of rotatable bonds is 4. The van der Waals surface area contributed by atoms with Gasteiger partial charge in [0.2, 0.25) is 10.0 Å². The zero-order valence-electron chi connectivity index (χ0n) is 11.1. The molecule has 0 amide bonds. The summed E-state index contributed by atoms with van der Waals surface area (Å²) in [5.41, 5.74) is 0.291. The Labute approximate surface area is 128 Å². The van der Waals surface area contributed by atoms with Crippen molar-refractivity contribution in [2.24, 2.45) is 0 Å². The summed E-state index contributed by atoms with van der Waals surface area (Å²) in [4.78, 5) is -0.0737. The Balaban J connectivity index is 2.47. The molecule has 1 unspecified atom stereocenters. The Bertz CT molecular complexity index is 607. The van der Waals surface area contributed by atoms with E-state index in [1.807, 2.05) is 6.92 Å². The van der Waals surface area contributed by atoms with Gasteiger partial charge in [0, 0.05) is 18.5 Å². The van der Waals surface area contributed by atoms with Crippen LogP contribution >= 0.6 is 23.2 Å². The fourth-order valence-corrected chi connectivity index (χ4v) is 4.82. The SMILES string of the molecule is CCC1CCCN1S(=O)(=O)c1cc(F)c(Cl)c(CCl)c1. The second-order valence-corrected chi connectivity index (χ2v) is 7.37. The van der Waals surface area contributed by atoms with E-state index in [2.05, 4.69) is 0 Å². The van der Waals surface area contributed by atoms with Crippen molar-refractivity contribution in [2.75, 3.05) is 6.54 Å².